The summed E-state index contributed by atoms with van der Waals surface area (Å²) in [6, 6.07) is 14.1. The number of methoxy groups -OCH3 is 2. The Kier molecular flexibility index (Phi) is 5.84. The Balaban J connectivity index is 2.65. The van der Waals surface area contributed by atoms with Gasteiger partial charge in [-0.05, 0) is 18.1 Å². The Labute approximate surface area is 143 Å². The number of rotatable bonds is 7. The van der Waals surface area contributed by atoms with E-state index in [9.17, 15) is 9.36 Å². The number of hydrogen-bond acceptors (Lipinski definition) is 4. The van der Waals surface area contributed by atoms with Gasteiger partial charge in [0.15, 0.2) is 7.14 Å². The highest BCUT2D eigenvalue weighted by atomic mass is 31.2. The van der Waals surface area contributed by atoms with E-state index in [1.54, 1.807) is 42.5 Å². The van der Waals surface area contributed by atoms with Gasteiger partial charge < -0.3 is 14.0 Å². The van der Waals surface area contributed by atoms with Crippen LogP contribution in [0.4, 0.5) is 0 Å². The summed E-state index contributed by atoms with van der Waals surface area (Å²) in [6.07, 6.45) is 0.303. The molecule has 24 heavy (non-hydrogen) atoms. The Bertz CT molecular complexity index is 731. The van der Waals surface area contributed by atoms with Crippen LogP contribution in [-0.2, 0) is 4.57 Å². The van der Waals surface area contributed by atoms with Crippen LogP contribution in [0.1, 0.15) is 24.2 Å². The predicted octanol–water partition coefficient (Wildman–Crippen LogP) is 4.19. The highest BCUT2D eigenvalue weighted by Gasteiger charge is 2.38. The summed E-state index contributed by atoms with van der Waals surface area (Å²) >= 11 is 0. The fourth-order valence-corrected chi connectivity index (χ4v) is 5.61. The molecule has 5 heteroatoms. The Morgan fingerprint density at radius 1 is 0.958 bits per heavy atom. The van der Waals surface area contributed by atoms with Crippen molar-refractivity contribution >= 4 is 18.0 Å². The van der Waals surface area contributed by atoms with Crippen LogP contribution >= 0.6 is 7.14 Å². The molecule has 0 fully saturated rings. The first-order chi connectivity index (χ1) is 11.4. The van der Waals surface area contributed by atoms with Crippen LogP contribution in [-0.4, -0.2) is 25.9 Å². The van der Waals surface area contributed by atoms with Crippen LogP contribution in [0.5, 0.6) is 11.5 Å². The fraction of sp³-hybridized carbons (Fsp3) is 0.316. The number of benzene rings is 2. The van der Waals surface area contributed by atoms with E-state index in [1.165, 1.54) is 14.2 Å². The lowest BCUT2D eigenvalue weighted by Gasteiger charge is -2.21. The van der Waals surface area contributed by atoms with Crippen molar-refractivity contribution in [1.29, 1.82) is 0 Å². The van der Waals surface area contributed by atoms with Crippen molar-refractivity contribution in [3.63, 3.8) is 0 Å². The van der Waals surface area contributed by atoms with Gasteiger partial charge in [0.25, 0.3) is 0 Å². The molecule has 1 unspecified atom stereocenters. The average Bonchev–Trinajstić information content (AvgIpc) is 2.60. The molecule has 1 atom stereocenters. The summed E-state index contributed by atoms with van der Waals surface area (Å²) in [5.74, 6) is 0.860. The molecule has 128 valence electrons. The van der Waals surface area contributed by atoms with E-state index in [0.29, 0.717) is 23.0 Å². The SMILES string of the molecule is COc1cccc(OC)c1C(=O)P(=O)(CC(C)C)c1ccccc1. The van der Waals surface area contributed by atoms with Crippen molar-refractivity contribution in [3.05, 3.63) is 54.1 Å². The van der Waals surface area contributed by atoms with Gasteiger partial charge in [0.2, 0.25) is 5.52 Å². The third kappa shape index (κ3) is 3.54. The van der Waals surface area contributed by atoms with Gasteiger partial charge in [-0.3, -0.25) is 4.79 Å². The molecule has 2 aromatic carbocycles. The predicted molar refractivity (Wildman–Crippen MR) is 97.3 cm³/mol. The summed E-state index contributed by atoms with van der Waals surface area (Å²) in [4.78, 5) is 13.3. The van der Waals surface area contributed by atoms with Gasteiger partial charge >= 0.3 is 0 Å². The smallest absolute Gasteiger partial charge is 0.233 e. The van der Waals surface area contributed by atoms with Crippen molar-refractivity contribution in [2.45, 2.75) is 13.8 Å². The Hall–Kier alpha value is -2.06. The fourth-order valence-electron chi connectivity index (χ4n) is 2.73. The molecule has 0 saturated carbocycles. The highest BCUT2D eigenvalue weighted by molar-refractivity contribution is 7.87. The van der Waals surface area contributed by atoms with Crippen molar-refractivity contribution in [1.82, 2.24) is 0 Å². The van der Waals surface area contributed by atoms with Crippen LogP contribution in [0.3, 0.4) is 0 Å². The van der Waals surface area contributed by atoms with Crippen molar-refractivity contribution in [2.75, 3.05) is 20.4 Å². The lowest BCUT2D eigenvalue weighted by molar-refractivity contribution is 0.107. The molecule has 2 rings (SSSR count). The maximum atomic E-state index is 13.8. The van der Waals surface area contributed by atoms with E-state index in [2.05, 4.69) is 0 Å². The zero-order chi connectivity index (χ0) is 17.7. The second-order valence-corrected chi connectivity index (χ2v) is 8.76. The van der Waals surface area contributed by atoms with E-state index in [-0.39, 0.29) is 11.5 Å². The first-order valence-corrected chi connectivity index (χ1v) is 9.73. The molecule has 0 amide bonds. The topological polar surface area (TPSA) is 52.6 Å². The third-order valence-electron chi connectivity index (χ3n) is 3.77. The molecule has 0 N–H and O–H groups in total. The summed E-state index contributed by atoms with van der Waals surface area (Å²) in [7, 11) is -0.345. The molecular weight excluding hydrogens is 323 g/mol. The van der Waals surface area contributed by atoms with Crippen LogP contribution in [0.25, 0.3) is 0 Å². The van der Waals surface area contributed by atoms with Crippen molar-refractivity contribution in [3.8, 4) is 11.5 Å². The zero-order valence-electron chi connectivity index (χ0n) is 14.5. The summed E-state index contributed by atoms with van der Waals surface area (Å²) in [5, 5.41) is 0.566. The van der Waals surface area contributed by atoms with E-state index < -0.39 is 12.7 Å². The van der Waals surface area contributed by atoms with Crippen molar-refractivity contribution in [2.24, 2.45) is 5.92 Å². The molecule has 0 saturated heterocycles. The minimum Gasteiger partial charge on any atom is -0.496 e. The van der Waals surface area contributed by atoms with Crippen LogP contribution < -0.4 is 14.8 Å². The normalized spacial score (nSPS) is 13.4. The second kappa shape index (κ2) is 7.67. The molecule has 0 heterocycles. The first kappa shape index (κ1) is 18.3. The maximum absolute atomic E-state index is 13.8. The maximum Gasteiger partial charge on any atom is 0.233 e. The van der Waals surface area contributed by atoms with Gasteiger partial charge in [-0.25, -0.2) is 0 Å². The molecule has 2 aromatic rings. The van der Waals surface area contributed by atoms with Gasteiger partial charge in [0.1, 0.15) is 17.1 Å². The second-order valence-electron chi connectivity index (χ2n) is 5.99. The van der Waals surface area contributed by atoms with Gasteiger partial charge in [0.05, 0.1) is 14.2 Å². The van der Waals surface area contributed by atoms with Gasteiger partial charge in [0, 0.05) is 11.5 Å². The summed E-state index contributed by atoms with van der Waals surface area (Å²) in [6.45, 7) is 3.92. The van der Waals surface area contributed by atoms with E-state index in [0.717, 1.165) is 0 Å². The zero-order valence-corrected chi connectivity index (χ0v) is 15.4. The quantitative estimate of drug-likeness (QED) is 0.706. The van der Waals surface area contributed by atoms with Gasteiger partial charge in [-0.1, -0.05) is 50.2 Å². The number of carbonyl (C=O) groups excluding carboxylic acids is 1. The molecule has 0 aromatic heterocycles. The molecule has 0 aliphatic carbocycles. The number of ether oxygens (including phenoxy) is 2. The molecule has 0 aliphatic rings. The first-order valence-electron chi connectivity index (χ1n) is 7.84. The standard InChI is InChI=1S/C19H23O4P/c1-14(2)13-24(21,15-9-6-5-7-10-15)19(20)18-16(22-3)11-8-12-17(18)23-4/h5-12,14H,13H2,1-4H3. The molecule has 0 aliphatic heterocycles. The third-order valence-corrected chi connectivity index (χ3v) is 7.02. The summed E-state index contributed by atoms with van der Waals surface area (Å²) in [5.41, 5.74) is -0.174. The van der Waals surface area contributed by atoms with Gasteiger partial charge in [-0.2, -0.15) is 0 Å². The minimum atomic E-state index is -3.32. The highest BCUT2D eigenvalue weighted by Crippen LogP contribution is 2.52. The van der Waals surface area contributed by atoms with Crippen LogP contribution in [0, 0.1) is 5.92 Å². The lowest BCUT2D eigenvalue weighted by atomic mass is 10.2. The molecule has 0 bridgehead atoms. The minimum absolute atomic E-state index is 0.112. The number of hydrogen-bond donors (Lipinski definition) is 0. The number of carbonyl (C=O) groups is 1. The Morgan fingerprint density at radius 3 is 1.96 bits per heavy atom. The largest absolute Gasteiger partial charge is 0.496 e. The van der Waals surface area contributed by atoms with Gasteiger partial charge in [-0.15, -0.1) is 0 Å². The van der Waals surface area contributed by atoms with Crippen LogP contribution in [0.2, 0.25) is 0 Å². The monoisotopic (exact) mass is 346 g/mol. The lowest BCUT2D eigenvalue weighted by Crippen LogP contribution is -2.19. The van der Waals surface area contributed by atoms with E-state index in [4.69, 9.17) is 9.47 Å². The van der Waals surface area contributed by atoms with Crippen LogP contribution in [0.15, 0.2) is 48.5 Å². The molecule has 0 radical (unpaired) electrons. The average molecular weight is 346 g/mol. The summed E-state index contributed by atoms with van der Waals surface area (Å²) < 4.78 is 24.4. The molecule has 0 spiro atoms. The van der Waals surface area contributed by atoms with E-state index >= 15 is 0 Å². The van der Waals surface area contributed by atoms with Crippen molar-refractivity contribution < 1.29 is 18.8 Å². The van der Waals surface area contributed by atoms with E-state index in [1.807, 2.05) is 19.9 Å². The molecule has 4 nitrogen and oxygen atoms in total. The molecular formula is C19H23O4P. The Morgan fingerprint density at radius 2 is 1.50 bits per heavy atom.